The molecule has 3 amide bonds. The van der Waals surface area contributed by atoms with Crippen LogP contribution in [0.2, 0.25) is 0 Å². The molecule has 0 spiro atoms. The van der Waals surface area contributed by atoms with Crippen LogP contribution in [0.5, 0.6) is 0 Å². The van der Waals surface area contributed by atoms with Gasteiger partial charge in [0.25, 0.3) is 5.91 Å². The molecule has 0 bridgehead atoms. The van der Waals surface area contributed by atoms with Crippen molar-refractivity contribution in [3.63, 3.8) is 0 Å². The number of rotatable bonds is 4. The number of anilines is 2. The molecular formula is C23H22N4O2S. The molecule has 0 aliphatic carbocycles. The lowest BCUT2D eigenvalue weighted by Crippen LogP contribution is -2.38. The van der Waals surface area contributed by atoms with Crippen LogP contribution < -0.4 is 15.5 Å². The van der Waals surface area contributed by atoms with Gasteiger partial charge in [-0.1, -0.05) is 35.9 Å². The van der Waals surface area contributed by atoms with Gasteiger partial charge in [0.05, 0.1) is 5.69 Å². The highest BCUT2D eigenvalue weighted by molar-refractivity contribution is 7.99. The summed E-state index contributed by atoms with van der Waals surface area (Å²) in [6, 6.07) is 18.5. The number of aromatic nitrogens is 1. The maximum Gasteiger partial charge on any atom is 0.326 e. The Bertz CT molecular complexity index is 1070. The van der Waals surface area contributed by atoms with E-state index in [-0.39, 0.29) is 11.9 Å². The van der Waals surface area contributed by atoms with Crippen molar-refractivity contribution in [2.45, 2.75) is 18.5 Å². The van der Waals surface area contributed by atoms with Gasteiger partial charge in [-0.3, -0.25) is 9.69 Å². The molecule has 0 saturated carbocycles. The van der Waals surface area contributed by atoms with Crippen LogP contribution in [0.15, 0.2) is 71.9 Å². The molecule has 1 aliphatic rings. The number of hydrogen-bond donors (Lipinski definition) is 2. The number of benzene rings is 2. The van der Waals surface area contributed by atoms with Crippen molar-refractivity contribution in [2.75, 3.05) is 22.5 Å². The van der Waals surface area contributed by atoms with E-state index >= 15 is 0 Å². The van der Waals surface area contributed by atoms with Crippen LogP contribution in [0.3, 0.4) is 0 Å². The summed E-state index contributed by atoms with van der Waals surface area (Å²) in [6.45, 7) is 3.08. The number of thioether (sulfide) groups is 1. The van der Waals surface area contributed by atoms with Gasteiger partial charge in [0.1, 0.15) is 5.03 Å². The Labute approximate surface area is 179 Å². The van der Waals surface area contributed by atoms with E-state index in [9.17, 15) is 9.59 Å². The van der Waals surface area contributed by atoms with Crippen molar-refractivity contribution >= 4 is 35.1 Å². The van der Waals surface area contributed by atoms with Crippen LogP contribution in [0.4, 0.5) is 16.2 Å². The third kappa shape index (κ3) is 4.63. The highest BCUT2D eigenvalue weighted by atomic mass is 32.2. The molecule has 0 atom stereocenters. The number of urea groups is 1. The maximum atomic E-state index is 12.8. The molecule has 4 rings (SSSR count). The zero-order chi connectivity index (χ0) is 20.9. The van der Waals surface area contributed by atoms with E-state index < -0.39 is 0 Å². The molecule has 2 aromatic carbocycles. The van der Waals surface area contributed by atoms with Gasteiger partial charge in [-0.2, -0.15) is 0 Å². The summed E-state index contributed by atoms with van der Waals surface area (Å²) in [5.74, 6) is 0.606. The van der Waals surface area contributed by atoms with Gasteiger partial charge in [-0.25, -0.2) is 9.78 Å². The average molecular weight is 419 g/mol. The Hall–Kier alpha value is -3.32. The van der Waals surface area contributed by atoms with Crippen LogP contribution in [0.25, 0.3) is 0 Å². The average Bonchev–Trinajstić information content (AvgIpc) is 2.78. The minimum atomic E-state index is -0.234. The number of pyridine rings is 1. The highest BCUT2D eigenvalue weighted by Crippen LogP contribution is 2.32. The first-order valence-corrected chi connectivity index (χ1v) is 10.7. The van der Waals surface area contributed by atoms with Crippen LogP contribution in [0.1, 0.15) is 21.5 Å². The van der Waals surface area contributed by atoms with Gasteiger partial charge in [-0.05, 0) is 42.8 Å². The van der Waals surface area contributed by atoms with E-state index in [2.05, 4.69) is 15.6 Å². The van der Waals surface area contributed by atoms with E-state index in [1.54, 1.807) is 47.1 Å². The molecule has 30 heavy (non-hydrogen) atoms. The zero-order valence-corrected chi connectivity index (χ0v) is 17.4. The van der Waals surface area contributed by atoms with Crippen molar-refractivity contribution in [2.24, 2.45) is 0 Å². The lowest BCUT2D eigenvalue weighted by Gasteiger charge is -2.28. The van der Waals surface area contributed by atoms with Gasteiger partial charge < -0.3 is 10.6 Å². The summed E-state index contributed by atoms with van der Waals surface area (Å²) in [6.07, 6.45) is 1.73. The Kier molecular flexibility index (Phi) is 5.99. The van der Waals surface area contributed by atoms with Crippen molar-refractivity contribution in [3.05, 3.63) is 83.6 Å². The molecule has 0 fully saturated rings. The number of nitrogens with one attached hydrogen (secondary N) is 2. The van der Waals surface area contributed by atoms with Gasteiger partial charge in [0, 0.05) is 36.3 Å². The molecular weight excluding hydrogens is 396 g/mol. The van der Waals surface area contributed by atoms with Crippen LogP contribution in [-0.2, 0) is 6.54 Å². The summed E-state index contributed by atoms with van der Waals surface area (Å²) in [7, 11) is 0. The maximum absolute atomic E-state index is 12.8. The summed E-state index contributed by atoms with van der Waals surface area (Å²) >= 11 is 1.64. The van der Waals surface area contributed by atoms with E-state index in [4.69, 9.17) is 0 Å². The van der Waals surface area contributed by atoms with E-state index in [1.165, 1.54) is 5.56 Å². The predicted octanol–water partition coefficient (Wildman–Crippen LogP) is 4.46. The molecule has 152 valence electrons. The molecule has 0 saturated heterocycles. The van der Waals surface area contributed by atoms with Gasteiger partial charge >= 0.3 is 6.03 Å². The fourth-order valence-corrected chi connectivity index (χ4v) is 4.11. The standard InChI is InChI=1S/C23H22N4O2S/c1-16-7-9-17(10-8-16)15-25-21(28)18-4-2-5-19(14-18)26-23(29)27-12-13-30-22-20(27)6-3-11-24-22/h2-11,14H,12-13,15H2,1H3,(H,25,28)(H,26,29). The number of carbonyl (C=O) groups excluding carboxylic acids is 2. The normalized spacial score (nSPS) is 12.8. The number of fused-ring (bicyclic) bond motifs is 1. The smallest absolute Gasteiger partial charge is 0.326 e. The lowest BCUT2D eigenvalue weighted by molar-refractivity contribution is 0.0951. The Morgan fingerprint density at radius 1 is 1.10 bits per heavy atom. The van der Waals surface area contributed by atoms with Crippen molar-refractivity contribution in [1.29, 1.82) is 0 Å². The zero-order valence-electron chi connectivity index (χ0n) is 16.6. The monoisotopic (exact) mass is 418 g/mol. The first-order valence-electron chi connectivity index (χ1n) is 9.70. The Morgan fingerprint density at radius 3 is 2.77 bits per heavy atom. The van der Waals surface area contributed by atoms with Crippen LogP contribution in [-0.4, -0.2) is 29.2 Å². The minimum absolute atomic E-state index is 0.185. The van der Waals surface area contributed by atoms with E-state index in [0.29, 0.717) is 24.3 Å². The van der Waals surface area contributed by atoms with Crippen molar-refractivity contribution in [3.8, 4) is 0 Å². The highest BCUT2D eigenvalue weighted by Gasteiger charge is 2.23. The summed E-state index contributed by atoms with van der Waals surface area (Å²) in [4.78, 5) is 31.4. The first-order chi connectivity index (χ1) is 14.6. The fraction of sp³-hybridized carbons (Fsp3) is 0.174. The number of amides is 3. The minimum Gasteiger partial charge on any atom is -0.348 e. The fourth-order valence-electron chi connectivity index (χ4n) is 3.18. The molecule has 2 N–H and O–H groups in total. The van der Waals surface area contributed by atoms with Gasteiger partial charge in [0.15, 0.2) is 0 Å². The molecule has 6 nitrogen and oxygen atoms in total. The molecule has 1 aliphatic heterocycles. The number of carbonyl (C=O) groups is 2. The molecule has 0 radical (unpaired) electrons. The third-order valence-corrected chi connectivity index (χ3v) is 5.77. The summed E-state index contributed by atoms with van der Waals surface area (Å²) < 4.78 is 0. The van der Waals surface area contributed by atoms with E-state index in [1.807, 2.05) is 43.3 Å². The second-order valence-corrected chi connectivity index (χ2v) is 8.09. The molecule has 1 aromatic heterocycles. The molecule has 2 heterocycles. The second kappa shape index (κ2) is 9.00. The molecule has 7 heteroatoms. The number of aryl methyl sites for hydroxylation is 1. The first kappa shape index (κ1) is 20.0. The van der Waals surface area contributed by atoms with Crippen molar-refractivity contribution in [1.82, 2.24) is 10.3 Å². The Morgan fingerprint density at radius 2 is 1.93 bits per heavy atom. The second-order valence-electron chi connectivity index (χ2n) is 7.01. The summed E-state index contributed by atoms with van der Waals surface area (Å²) in [5.41, 5.74) is 4.09. The molecule has 0 unspecified atom stereocenters. The van der Waals surface area contributed by atoms with Gasteiger partial charge in [-0.15, -0.1) is 11.8 Å². The van der Waals surface area contributed by atoms with Gasteiger partial charge in [0.2, 0.25) is 0 Å². The molecule has 3 aromatic rings. The van der Waals surface area contributed by atoms with Crippen LogP contribution >= 0.6 is 11.8 Å². The number of nitrogens with zero attached hydrogens (tertiary/aromatic N) is 2. The van der Waals surface area contributed by atoms with Crippen molar-refractivity contribution < 1.29 is 9.59 Å². The largest absolute Gasteiger partial charge is 0.348 e. The third-order valence-electron chi connectivity index (χ3n) is 4.79. The Balaban J connectivity index is 1.41. The topological polar surface area (TPSA) is 74.3 Å². The SMILES string of the molecule is Cc1ccc(CNC(=O)c2cccc(NC(=O)N3CCSc4ncccc43)c2)cc1. The quantitative estimate of drug-likeness (QED) is 0.656. The van der Waals surface area contributed by atoms with E-state index in [0.717, 1.165) is 22.0 Å². The lowest BCUT2D eigenvalue weighted by atomic mass is 10.1. The predicted molar refractivity (Wildman–Crippen MR) is 120 cm³/mol. The summed E-state index contributed by atoms with van der Waals surface area (Å²) in [5, 5.41) is 6.67. The van der Waals surface area contributed by atoms with Crippen LogP contribution in [0, 0.1) is 6.92 Å². The number of hydrogen-bond acceptors (Lipinski definition) is 4.